The number of aliphatic hydroxyl groups is 1. The molecule has 0 aromatic carbocycles. The molecule has 1 aliphatic rings. The smallest absolute Gasteiger partial charge is 0.326 e. The number of carboxylic acid groups (broad SMARTS) is 1. The number of hydrogen-bond donors (Lipinski definition) is 6. The van der Waals surface area contributed by atoms with E-state index in [1.165, 1.54) is 11.8 Å². The van der Waals surface area contributed by atoms with Crippen molar-refractivity contribution in [2.45, 2.75) is 43.4 Å². The molecule has 3 amide bonds. The third-order valence-corrected chi connectivity index (χ3v) is 5.43. The van der Waals surface area contributed by atoms with E-state index in [1.54, 1.807) is 0 Å². The fourth-order valence-electron chi connectivity index (χ4n) is 2.81. The molecule has 0 aromatic rings. The van der Waals surface area contributed by atoms with Crippen molar-refractivity contribution in [3.05, 3.63) is 0 Å². The van der Waals surface area contributed by atoms with Gasteiger partial charge in [-0.15, -0.1) is 0 Å². The molecule has 10 nitrogen and oxygen atoms in total. The Morgan fingerprint density at radius 1 is 1.25 bits per heavy atom. The zero-order chi connectivity index (χ0) is 21.3. The summed E-state index contributed by atoms with van der Waals surface area (Å²) >= 11 is 5.43. The minimum absolute atomic E-state index is 0.103. The first-order chi connectivity index (χ1) is 13.3. The molecule has 1 saturated heterocycles. The van der Waals surface area contributed by atoms with Gasteiger partial charge in [-0.3, -0.25) is 14.4 Å². The molecular formula is C16H28N4O6S2. The number of thiol groups is 1. The van der Waals surface area contributed by atoms with Gasteiger partial charge in [0.1, 0.15) is 18.1 Å². The molecule has 1 heterocycles. The molecule has 0 saturated carbocycles. The molecule has 160 valence electrons. The highest BCUT2D eigenvalue weighted by molar-refractivity contribution is 7.98. The summed E-state index contributed by atoms with van der Waals surface area (Å²) in [6.45, 7) is -0.446. The summed E-state index contributed by atoms with van der Waals surface area (Å²) in [5.74, 6) is -2.31. The number of thioether (sulfide) groups is 1. The first-order valence-corrected chi connectivity index (χ1v) is 10.9. The highest BCUT2D eigenvalue weighted by atomic mass is 32.2. The summed E-state index contributed by atoms with van der Waals surface area (Å²) in [6.07, 6.45) is 2.99. The van der Waals surface area contributed by atoms with Crippen LogP contribution in [0.4, 0.5) is 0 Å². The lowest BCUT2D eigenvalue weighted by molar-refractivity contribution is -0.150. The third-order valence-electron chi connectivity index (χ3n) is 4.40. The van der Waals surface area contributed by atoms with Crippen LogP contribution in [0.5, 0.6) is 0 Å². The third kappa shape index (κ3) is 6.83. The molecule has 0 radical (unpaired) electrons. The van der Waals surface area contributed by atoms with Crippen LogP contribution in [0.25, 0.3) is 0 Å². The zero-order valence-electron chi connectivity index (χ0n) is 15.7. The molecule has 6 N–H and O–H groups in total. The van der Waals surface area contributed by atoms with Crippen LogP contribution >= 0.6 is 24.4 Å². The number of hydrogen-bond acceptors (Lipinski definition) is 8. The maximum absolute atomic E-state index is 12.6. The molecular weight excluding hydrogens is 408 g/mol. The van der Waals surface area contributed by atoms with Crippen LogP contribution in [0.3, 0.4) is 0 Å². The van der Waals surface area contributed by atoms with Gasteiger partial charge < -0.3 is 31.5 Å². The van der Waals surface area contributed by atoms with Crippen molar-refractivity contribution >= 4 is 48.1 Å². The van der Waals surface area contributed by atoms with Gasteiger partial charge in [-0.2, -0.15) is 24.4 Å². The number of nitrogens with zero attached hydrogens (tertiary/aromatic N) is 1. The number of rotatable bonds is 11. The number of aliphatic carboxylic acids is 1. The number of carboxylic acids is 1. The van der Waals surface area contributed by atoms with E-state index < -0.39 is 54.5 Å². The highest BCUT2D eigenvalue weighted by Gasteiger charge is 2.38. The van der Waals surface area contributed by atoms with Crippen molar-refractivity contribution in [1.29, 1.82) is 0 Å². The van der Waals surface area contributed by atoms with Crippen LogP contribution in [0, 0.1) is 0 Å². The molecule has 12 heteroatoms. The Hall–Kier alpha value is -1.50. The van der Waals surface area contributed by atoms with Crippen LogP contribution in [-0.4, -0.2) is 93.9 Å². The highest BCUT2D eigenvalue weighted by Crippen LogP contribution is 2.18. The Bertz CT molecular complexity index is 579. The molecule has 28 heavy (non-hydrogen) atoms. The van der Waals surface area contributed by atoms with E-state index in [4.69, 9.17) is 5.73 Å². The van der Waals surface area contributed by atoms with E-state index in [1.807, 2.05) is 6.26 Å². The van der Waals surface area contributed by atoms with Gasteiger partial charge in [-0.25, -0.2) is 4.79 Å². The molecule has 1 fully saturated rings. The Balaban J connectivity index is 2.82. The number of nitrogens with two attached hydrogens (primary N) is 1. The number of likely N-dealkylation sites (tertiary alicyclic amines) is 1. The van der Waals surface area contributed by atoms with Gasteiger partial charge in [0.15, 0.2) is 0 Å². The molecule has 0 spiro atoms. The van der Waals surface area contributed by atoms with Crippen molar-refractivity contribution in [1.82, 2.24) is 15.5 Å². The van der Waals surface area contributed by atoms with Gasteiger partial charge in [-0.1, -0.05) is 0 Å². The lowest BCUT2D eigenvalue weighted by Crippen LogP contribution is -2.58. The van der Waals surface area contributed by atoms with Crippen molar-refractivity contribution in [2.75, 3.05) is 30.9 Å². The van der Waals surface area contributed by atoms with Gasteiger partial charge in [0.05, 0.1) is 12.6 Å². The van der Waals surface area contributed by atoms with E-state index in [-0.39, 0.29) is 12.3 Å². The SMILES string of the molecule is CSCCC(NC(=O)C(N)CS)C(=O)NC(CO)C(=O)N1CCCC1C(=O)O. The summed E-state index contributed by atoms with van der Waals surface area (Å²) < 4.78 is 0. The standard InChI is InChI=1S/C16H28N4O6S2/c1-28-6-4-10(18-13(22)9(17)8-27)14(23)19-11(7-21)15(24)20-5-2-3-12(20)16(25)26/h9-12,21,27H,2-8,17H2,1H3,(H,18,22)(H,19,23)(H,25,26). The number of carbonyl (C=O) groups is 4. The van der Waals surface area contributed by atoms with Crippen LogP contribution in [0.1, 0.15) is 19.3 Å². The Labute approximate surface area is 173 Å². The molecule has 1 aliphatic heterocycles. The average Bonchev–Trinajstić information content (AvgIpc) is 3.17. The molecule has 0 aliphatic carbocycles. The first-order valence-electron chi connectivity index (χ1n) is 8.87. The maximum Gasteiger partial charge on any atom is 0.326 e. The van der Waals surface area contributed by atoms with Crippen molar-refractivity contribution in [3.8, 4) is 0 Å². The van der Waals surface area contributed by atoms with E-state index in [0.29, 0.717) is 25.0 Å². The predicted octanol–water partition coefficient (Wildman–Crippen LogP) is -1.97. The van der Waals surface area contributed by atoms with E-state index in [9.17, 15) is 29.4 Å². The first kappa shape index (κ1) is 24.5. The summed E-state index contributed by atoms with van der Waals surface area (Å²) in [4.78, 5) is 49.6. The minimum atomic E-state index is -1.29. The molecule has 0 bridgehead atoms. The summed E-state index contributed by atoms with van der Waals surface area (Å²) in [5, 5.41) is 23.7. The van der Waals surface area contributed by atoms with Crippen molar-refractivity contribution in [2.24, 2.45) is 5.73 Å². The van der Waals surface area contributed by atoms with Crippen LogP contribution < -0.4 is 16.4 Å². The predicted molar refractivity (Wildman–Crippen MR) is 108 cm³/mol. The second kappa shape index (κ2) is 12.1. The van der Waals surface area contributed by atoms with E-state index in [0.717, 1.165) is 4.90 Å². The zero-order valence-corrected chi connectivity index (χ0v) is 17.4. The minimum Gasteiger partial charge on any atom is -0.480 e. The second-order valence-corrected chi connectivity index (χ2v) is 7.75. The van der Waals surface area contributed by atoms with Gasteiger partial charge in [0.25, 0.3) is 0 Å². The summed E-state index contributed by atoms with van der Waals surface area (Å²) in [7, 11) is 0. The number of carbonyl (C=O) groups excluding carboxylic acids is 3. The topological polar surface area (TPSA) is 162 Å². The van der Waals surface area contributed by atoms with Crippen molar-refractivity contribution < 1.29 is 29.4 Å². The van der Waals surface area contributed by atoms with Gasteiger partial charge in [0.2, 0.25) is 17.7 Å². The number of aliphatic hydroxyl groups excluding tert-OH is 1. The van der Waals surface area contributed by atoms with Crippen LogP contribution in [0.15, 0.2) is 0 Å². The second-order valence-electron chi connectivity index (χ2n) is 6.40. The Morgan fingerprint density at radius 3 is 2.43 bits per heavy atom. The average molecular weight is 437 g/mol. The van der Waals surface area contributed by atoms with Gasteiger partial charge in [-0.05, 0) is 31.3 Å². The normalized spacial score (nSPS) is 19.6. The molecule has 0 aromatic heterocycles. The van der Waals surface area contributed by atoms with E-state index in [2.05, 4.69) is 23.3 Å². The van der Waals surface area contributed by atoms with Crippen molar-refractivity contribution in [3.63, 3.8) is 0 Å². The lowest BCUT2D eigenvalue weighted by Gasteiger charge is -2.28. The Kier molecular flexibility index (Phi) is 10.6. The van der Waals surface area contributed by atoms with Crippen LogP contribution in [-0.2, 0) is 19.2 Å². The van der Waals surface area contributed by atoms with Crippen LogP contribution in [0.2, 0.25) is 0 Å². The molecule has 4 unspecified atom stereocenters. The number of nitrogens with one attached hydrogen (secondary N) is 2. The summed E-state index contributed by atoms with van der Waals surface area (Å²) in [6, 6.07) is -4.09. The fourth-order valence-corrected chi connectivity index (χ4v) is 3.45. The Morgan fingerprint density at radius 2 is 1.89 bits per heavy atom. The van der Waals surface area contributed by atoms with Gasteiger partial charge in [0, 0.05) is 12.3 Å². The lowest BCUT2D eigenvalue weighted by atomic mass is 10.1. The monoisotopic (exact) mass is 436 g/mol. The molecule has 1 rings (SSSR count). The maximum atomic E-state index is 12.6. The quantitative estimate of drug-likeness (QED) is 0.203. The fraction of sp³-hybridized carbons (Fsp3) is 0.750. The van der Waals surface area contributed by atoms with E-state index >= 15 is 0 Å². The number of amides is 3. The van der Waals surface area contributed by atoms with Gasteiger partial charge >= 0.3 is 5.97 Å². The largest absolute Gasteiger partial charge is 0.480 e. The summed E-state index contributed by atoms with van der Waals surface area (Å²) in [5.41, 5.74) is 5.61. The molecule has 4 atom stereocenters.